The van der Waals surface area contributed by atoms with Crippen LogP contribution < -0.4 is 0 Å². The van der Waals surface area contributed by atoms with Crippen LogP contribution in [0.2, 0.25) is 0 Å². The van der Waals surface area contributed by atoms with Crippen molar-refractivity contribution in [1.29, 1.82) is 5.26 Å². The van der Waals surface area contributed by atoms with Gasteiger partial charge in [0.2, 0.25) is 0 Å². The van der Waals surface area contributed by atoms with Gasteiger partial charge < -0.3 is 0 Å². The molecule has 1 heteroatoms. The molecule has 1 aliphatic carbocycles. The molecule has 84 valence electrons. The van der Waals surface area contributed by atoms with Crippen LogP contribution >= 0.6 is 0 Å². The Morgan fingerprint density at radius 2 is 2.06 bits per heavy atom. The normalized spacial score (nSPS) is 17.6. The Hall–Kier alpha value is -1.29. The first-order valence-corrected chi connectivity index (χ1v) is 6.19. The third-order valence-corrected chi connectivity index (χ3v) is 3.81. The van der Waals surface area contributed by atoms with Gasteiger partial charge in [-0.15, -0.1) is 0 Å². The van der Waals surface area contributed by atoms with E-state index in [1.807, 2.05) is 0 Å². The Bertz CT molecular complexity index is 428. The topological polar surface area (TPSA) is 23.8 Å². The molecule has 0 N–H and O–H groups in total. The fraction of sp³-hybridized carbons (Fsp3) is 0.533. The van der Waals surface area contributed by atoms with Crippen LogP contribution in [0.3, 0.4) is 0 Å². The molecular weight excluding hydrogens is 194 g/mol. The average Bonchev–Trinajstić information content (AvgIpc) is 2.76. The molecule has 0 bridgehead atoms. The summed E-state index contributed by atoms with van der Waals surface area (Å²) in [6.45, 7) is 4.15. The molecule has 2 rings (SSSR count). The quantitative estimate of drug-likeness (QED) is 0.751. The van der Waals surface area contributed by atoms with Gasteiger partial charge in [-0.3, -0.25) is 0 Å². The third kappa shape index (κ3) is 2.11. The maximum absolute atomic E-state index is 9.19. The minimum absolute atomic E-state index is 0.202. The largest absolute Gasteiger partial charge is 0.198 e. The van der Waals surface area contributed by atoms with Crippen LogP contribution in [0.25, 0.3) is 0 Å². The van der Waals surface area contributed by atoms with Crippen molar-refractivity contribution in [2.45, 2.75) is 46.0 Å². The van der Waals surface area contributed by atoms with Crippen LogP contribution in [0.15, 0.2) is 18.2 Å². The van der Waals surface area contributed by atoms with Crippen molar-refractivity contribution >= 4 is 0 Å². The predicted molar refractivity (Wildman–Crippen MR) is 66.2 cm³/mol. The molecule has 1 aromatic carbocycles. The van der Waals surface area contributed by atoms with Crippen molar-refractivity contribution in [3.63, 3.8) is 0 Å². The Morgan fingerprint density at radius 1 is 1.31 bits per heavy atom. The predicted octanol–water partition coefficient (Wildman–Crippen LogP) is 3.66. The number of rotatable bonds is 3. The highest BCUT2D eigenvalue weighted by atomic mass is 14.3. The zero-order valence-electron chi connectivity index (χ0n) is 10.2. The molecule has 0 spiro atoms. The zero-order valence-corrected chi connectivity index (χ0v) is 10.2. The average molecular weight is 213 g/mol. The highest BCUT2D eigenvalue weighted by Gasteiger charge is 2.22. The second kappa shape index (κ2) is 4.29. The molecule has 0 fully saturated rings. The third-order valence-electron chi connectivity index (χ3n) is 3.81. The molecule has 0 saturated carbocycles. The van der Waals surface area contributed by atoms with Crippen LogP contribution in [0.5, 0.6) is 0 Å². The Kier molecular flexibility index (Phi) is 3.01. The van der Waals surface area contributed by atoms with E-state index in [0.29, 0.717) is 0 Å². The molecule has 0 saturated heterocycles. The van der Waals surface area contributed by atoms with E-state index >= 15 is 0 Å². The zero-order chi connectivity index (χ0) is 11.6. The number of aryl methyl sites for hydroxylation is 2. The minimum Gasteiger partial charge on any atom is -0.198 e. The van der Waals surface area contributed by atoms with E-state index in [4.69, 9.17) is 0 Å². The lowest BCUT2D eigenvalue weighted by Gasteiger charge is -2.19. The highest BCUT2D eigenvalue weighted by Crippen LogP contribution is 2.28. The first-order valence-electron chi connectivity index (χ1n) is 6.19. The molecule has 0 amide bonds. The molecule has 0 aromatic heterocycles. The van der Waals surface area contributed by atoms with Crippen LogP contribution in [0.4, 0.5) is 0 Å². The van der Waals surface area contributed by atoms with Gasteiger partial charge in [0, 0.05) is 0 Å². The molecule has 0 radical (unpaired) electrons. The number of benzene rings is 1. The lowest BCUT2D eigenvalue weighted by molar-refractivity contribution is 0.422. The van der Waals surface area contributed by atoms with E-state index < -0.39 is 0 Å². The summed E-state index contributed by atoms with van der Waals surface area (Å²) >= 11 is 0. The van der Waals surface area contributed by atoms with Crippen molar-refractivity contribution in [2.24, 2.45) is 5.41 Å². The van der Waals surface area contributed by atoms with Gasteiger partial charge >= 0.3 is 0 Å². The standard InChI is InChI=1S/C15H19N/c1-3-15(2,11-16)10-12-7-8-13-5-4-6-14(13)9-12/h7-9H,3-6,10H2,1-2H3. The summed E-state index contributed by atoms with van der Waals surface area (Å²) in [5.41, 5.74) is 4.15. The monoisotopic (exact) mass is 213 g/mol. The molecule has 1 aliphatic rings. The second-order valence-electron chi connectivity index (χ2n) is 5.16. The molecule has 1 nitrogen and oxygen atoms in total. The Labute approximate surface area is 98.1 Å². The molecule has 1 aromatic rings. The lowest BCUT2D eigenvalue weighted by Crippen LogP contribution is -2.15. The van der Waals surface area contributed by atoms with Crippen LogP contribution in [0, 0.1) is 16.7 Å². The summed E-state index contributed by atoms with van der Waals surface area (Å²) in [5, 5.41) is 9.19. The van der Waals surface area contributed by atoms with Gasteiger partial charge in [0.15, 0.2) is 0 Å². The Balaban J connectivity index is 2.20. The number of hydrogen-bond donors (Lipinski definition) is 0. The van der Waals surface area contributed by atoms with Crippen LogP contribution in [-0.2, 0) is 19.3 Å². The van der Waals surface area contributed by atoms with Gasteiger partial charge in [0.05, 0.1) is 11.5 Å². The first-order chi connectivity index (χ1) is 7.67. The second-order valence-corrected chi connectivity index (χ2v) is 5.16. The fourth-order valence-corrected chi connectivity index (χ4v) is 2.43. The molecule has 0 heterocycles. The van der Waals surface area contributed by atoms with E-state index in [1.54, 1.807) is 0 Å². The summed E-state index contributed by atoms with van der Waals surface area (Å²) in [6, 6.07) is 9.22. The SMILES string of the molecule is CCC(C)(C#N)Cc1ccc2c(c1)CCC2. The van der Waals surface area contributed by atoms with E-state index in [9.17, 15) is 5.26 Å². The number of nitriles is 1. The van der Waals surface area contributed by atoms with Gasteiger partial charge in [-0.05, 0) is 55.7 Å². The van der Waals surface area contributed by atoms with Crippen molar-refractivity contribution in [2.75, 3.05) is 0 Å². The minimum atomic E-state index is -0.202. The van der Waals surface area contributed by atoms with Crippen LogP contribution in [0.1, 0.15) is 43.4 Å². The van der Waals surface area contributed by atoms with E-state index in [2.05, 4.69) is 38.1 Å². The molecular formula is C15H19N. The molecule has 1 unspecified atom stereocenters. The number of nitrogens with zero attached hydrogens (tertiary/aromatic N) is 1. The maximum Gasteiger partial charge on any atom is 0.0690 e. The summed E-state index contributed by atoms with van der Waals surface area (Å²) in [7, 11) is 0. The maximum atomic E-state index is 9.19. The van der Waals surface area contributed by atoms with E-state index in [0.717, 1.165) is 12.8 Å². The smallest absolute Gasteiger partial charge is 0.0690 e. The van der Waals surface area contributed by atoms with E-state index in [1.165, 1.54) is 36.0 Å². The first kappa shape index (κ1) is 11.2. The number of hydrogen-bond acceptors (Lipinski definition) is 1. The summed E-state index contributed by atoms with van der Waals surface area (Å²) in [6.07, 6.45) is 5.55. The summed E-state index contributed by atoms with van der Waals surface area (Å²) < 4.78 is 0. The number of fused-ring (bicyclic) bond motifs is 1. The van der Waals surface area contributed by atoms with Crippen molar-refractivity contribution < 1.29 is 0 Å². The van der Waals surface area contributed by atoms with Gasteiger partial charge in [0.1, 0.15) is 0 Å². The van der Waals surface area contributed by atoms with Gasteiger partial charge in [0.25, 0.3) is 0 Å². The summed E-state index contributed by atoms with van der Waals surface area (Å²) in [4.78, 5) is 0. The molecule has 16 heavy (non-hydrogen) atoms. The van der Waals surface area contributed by atoms with Gasteiger partial charge in [-0.2, -0.15) is 5.26 Å². The van der Waals surface area contributed by atoms with Crippen LogP contribution in [-0.4, -0.2) is 0 Å². The fourth-order valence-electron chi connectivity index (χ4n) is 2.43. The van der Waals surface area contributed by atoms with Gasteiger partial charge in [-0.25, -0.2) is 0 Å². The Morgan fingerprint density at radius 3 is 2.75 bits per heavy atom. The van der Waals surface area contributed by atoms with Crippen molar-refractivity contribution in [3.8, 4) is 6.07 Å². The van der Waals surface area contributed by atoms with E-state index in [-0.39, 0.29) is 5.41 Å². The highest BCUT2D eigenvalue weighted by molar-refractivity contribution is 5.36. The summed E-state index contributed by atoms with van der Waals surface area (Å²) in [5.74, 6) is 0. The lowest BCUT2D eigenvalue weighted by atomic mass is 9.82. The molecule has 0 aliphatic heterocycles. The van der Waals surface area contributed by atoms with Crippen molar-refractivity contribution in [3.05, 3.63) is 34.9 Å². The van der Waals surface area contributed by atoms with Crippen molar-refractivity contribution in [1.82, 2.24) is 0 Å². The molecule has 1 atom stereocenters. The van der Waals surface area contributed by atoms with Gasteiger partial charge in [-0.1, -0.05) is 25.1 Å².